The van der Waals surface area contributed by atoms with Crippen LogP contribution in [0, 0.1) is 9.49 Å². The maximum atomic E-state index is 5.98. The molecule has 0 aromatic heterocycles. The van der Waals surface area contributed by atoms with E-state index in [9.17, 15) is 0 Å². The Labute approximate surface area is 121 Å². The Hall–Kier alpha value is -0.000000000000000111. The molecule has 2 nitrogen and oxygen atoms in total. The van der Waals surface area contributed by atoms with Crippen LogP contribution in [0.5, 0.6) is 0 Å². The molecule has 3 aliphatic rings. The minimum atomic E-state index is 0.618. The van der Waals surface area contributed by atoms with Gasteiger partial charge in [0.15, 0.2) is 0 Å². The number of fused-ring (bicyclic) bond motifs is 3. The van der Waals surface area contributed by atoms with Crippen molar-refractivity contribution in [3.8, 4) is 0 Å². The Morgan fingerprint density at radius 2 is 2.06 bits per heavy atom. The van der Waals surface area contributed by atoms with E-state index in [-0.39, 0.29) is 0 Å². The lowest BCUT2D eigenvalue weighted by atomic mass is 9.84. The molecule has 2 bridgehead atoms. The van der Waals surface area contributed by atoms with Crippen LogP contribution in [-0.2, 0) is 0 Å². The first-order chi connectivity index (χ1) is 8.22. The van der Waals surface area contributed by atoms with Gasteiger partial charge in [-0.15, -0.1) is 0 Å². The molecule has 1 aromatic carbocycles. The van der Waals surface area contributed by atoms with Crippen LogP contribution in [0.25, 0.3) is 0 Å². The zero-order valence-corrected chi connectivity index (χ0v) is 12.5. The van der Waals surface area contributed by atoms with Crippen LogP contribution in [0.3, 0.4) is 0 Å². The second-order valence-electron chi connectivity index (χ2n) is 5.01. The number of piperidine rings is 3. The number of halogens is 2. The van der Waals surface area contributed by atoms with Crippen LogP contribution in [-0.4, -0.2) is 30.6 Å². The first-order valence-corrected chi connectivity index (χ1v) is 7.62. The standard InChI is InChI=1S/C13H16ClIN2/c14-10-1-2-12(11(15)7-10)16-13-8-17-5-3-9(13)4-6-17/h1-2,7,9,13,16H,3-6,8H2. The highest BCUT2D eigenvalue weighted by Crippen LogP contribution is 2.31. The molecule has 92 valence electrons. The molecule has 0 aliphatic carbocycles. The van der Waals surface area contributed by atoms with Gasteiger partial charge < -0.3 is 10.2 Å². The molecule has 4 rings (SSSR count). The molecule has 3 saturated heterocycles. The fourth-order valence-corrected chi connectivity index (χ4v) is 3.96. The number of hydrogen-bond acceptors (Lipinski definition) is 2. The molecule has 1 N–H and O–H groups in total. The first-order valence-electron chi connectivity index (χ1n) is 6.16. The van der Waals surface area contributed by atoms with Gasteiger partial charge in [-0.25, -0.2) is 0 Å². The summed E-state index contributed by atoms with van der Waals surface area (Å²) in [4.78, 5) is 2.57. The lowest BCUT2D eigenvalue weighted by Crippen LogP contribution is -2.53. The minimum absolute atomic E-state index is 0.618. The molecule has 0 spiro atoms. The van der Waals surface area contributed by atoms with E-state index < -0.39 is 0 Å². The predicted octanol–water partition coefficient (Wildman–Crippen LogP) is 3.45. The van der Waals surface area contributed by atoms with E-state index in [4.69, 9.17) is 11.6 Å². The number of nitrogens with one attached hydrogen (secondary N) is 1. The summed E-state index contributed by atoms with van der Waals surface area (Å²) in [5.74, 6) is 0.853. The molecule has 17 heavy (non-hydrogen) atoms. The maximum Gasteiger partial charge on any atom is 0.0479 e. The van der Waals surface area contributed by atoms with E-state index in [1.165, 1.54) is 41.7 Å². The third kappa shape index (κ3) is 2.56. The van der Waals surface area contributed by atoms with Gasteiger partial charge in [-0.3, -0.25) is 0 Å². The van der Waals surface area contributed by atoms with Gasteiger partial charge in [0, 0.05) is 26.9 Å². The zero-order chi connectivity index (χ0) is 11.8. The molecule has 3 fully saturated rings. The van der Waals surface area contributed by atoms with Gasteiger partial charge >= 0.3 is 0 Å². The van der Waals surface area contributed by atoms with Crippen molar-refractivity contribution in [1.29, 1.82) is 0 Å². The Kier molecular flexibility index (Phi) is 3.50. The van der Waals surface area contributed by atoms with Crippen molar-refractivity contribution < 1.29 is 0 Å². The molecule has 3 heterocycles. The summed E-state index contributed by atoms with van der Waals surface area (Å²) >= 11 is 8.33. The normalized spacial score (nSPS) is 31.5. The summed E-state index contributed by atoms with van der Waals surface area (Å²) < 4.78 is 1.21. The van der Waals surface area contributed by atoms with Crippen LogP contribution >= 0.6 is 34.2 Å². The van der Waals surface area contributed by atoms with Crippen LogP contribution in [0.4, 0.5) is 5.69 Å². The van der Waals surface area contributed by atoms with E-state index in [1.54, 1.807) is 0 Å². The molecule has 0 radical (unpaired) electrons. The molecule has 3 aliphatic heterocycles. The molecule has 0 saturated carbocycles. The summed E-state index contributed by atoms with van der Waals surface area (Å²) in [5, 5.41) is 4.51. The van der Waals surface area contributed by atoms with E-state index in [1.807, 2.05) is 12.1 Å². The van der Waals surface area contributed by atoms with Gasteiger partial charge in [0.1, 0.15) is 0 Å². The average Bonchev–Trinajstić information content (AvgIpc) is 2.34. The Bertz CT molecular complexity index is 416. The van der Waals surface area contributed by atoms with Gasteiger partial charge in [-0.1, -0.05) is 11.6 Å². The smallest absolute Gasteiger partial charge is 0.0479 e. The lowest BCUT2D eigenvalue weighted by Gasteiger charge is -2.45. The second-order valence-corrected chi connectivity index (χ2v) is 6.61. The second kappa shape index (κ2) is 4.94. The van der Waals surface area contributed by atoms with Crippen molar-refractivity contribution in [1.82, 2.24) is 4.90 Å². The van der Waals surface area contributed by atoms with Crippen molar-refractivity contribution in [2.75, 3.05) is 25.0 Å². The van der Waals surface area contributed by atoms with Crippen molar-refractivity contribution >= 4 is 39.9 Å². The van der Waals surface area contributed by atoms with Crippen LogP contribution in [0.1, 0.15) is 12.8 Å². The summed E-state index contributed by atoms with van der Waals surface area (Å²) in [7, 11) is 0. The third-order valence-electron chi connectivity index (χ3n) is 3.93. The van der Waals surface area contributed by atoms with E-state index in [0.29, 0.717) is 6.04 Å². The van der Waals surface area contributed by atoms with Crippen molar-refractivity contribution in [3.05, 3.63) is 26.8 Å². The fourth-order valence-electron chi connectivity index (χ4n) is 2.93. The molecule has 1 unspecified atom stereocenters. The first kappa shape index (κ1) is 12.1. The Morgan fingerprint density at radius 3 is 2.65 bits per heavy atom. The molecular weight excluding hydrogens is 347 g/mol. The summed E-state index contributed by atoms with van der Waals surface area (Å²) in [6, 6.07) is 6.70. The number of benzene rings is 1. The highest BCUT2D eigenvalue weighted by molar-refractivity contribution is 14.1. The highest BCUT2D eigenvalue weighted by atomic mass is 127. The molecule has 4 heteroatoms. The monoisotopic (exact) mass is 362 g/mol. The Balaban J connectivity index is 1.74. The fraction of sp³-hybridized carbons (Fsp3) is 0.538. The van der Waals surface area contributed by atoms with Crippen molar-refractivity contribution in [2.24, 2.45) is 5.92 Å². The summed E-state index contributed by atoms with van der Waals surface area (Å²) in [6.07, 6.45) is 2.70. The predicted molar refractivity (Wildman–Crippen MR) is 80.7 cm³/mol. The van der Waals surface area contributed by atoms with Crippen molar-refractivity contribution in [2.45, 2.75) is 18.9 Å². The van der Waals surface area contributed by atoms with Crippen LogP contribution in [0.15, 0.2) is 18.2 Å². The largest absolute Gasteiger partial charge is 0.380 e. The van der Waals surface area contributed by atoms with E-state index >= 15 is 0 Å². The number of nitrogens with zero attached hydrogens (tertiary/aromatic N) is 1. The van der Waals surface area contributed by atoms with Gasteiger partial charge in [-0.05, 0) is 72.6 Å². The Morgan fingerprint density at radius 1 is 1.29 bits per heavy atom. The van der Waals surface area contributed by atoms with Crippen molar-refractivity contribution in [3.63, 3.8) is 0 Å². The zero-order valence-electron chi connectivity index (χ0n) is 9.63. The quantitative estimate of drug-likeness (QED) is 0.811. The summed E-state index contributed by atoms with van der Waals surface area (Å²) in [5.41, 5.74) is 1.23. The van der Waals surface area contributed by atoms with Gasteiger partial charge in [0.25, 0.3) is 0 Å². The van der Waals surface area contributed by atoms with Gasteiger partial charge in [0.2, 0.25) is 0 Å². The van der Waals surface area contributed by atoms with Crippen LogP contribution in [0.2, 0.25) is 5.02 Å². The topological polar surface area (TPSA) is 15.3 Å². The minimum Gasteiger partial charge on any atom is -0.380 e. The molecule has 1 aromatic rings. The molecule has 1 atom stereocenters. The number of hydrogen-bond donors (Lipinski definition) is 1. The highest BCUT2D eigenvalue weighted by Gasteiger charge is 2.34. The SMILES string of the molecule is Clc1ccc(NC2CN3CCC2CC3)c(I)c1. The third-order valence-corrected chi connectivity index (χ3v) is 5.06. The van der Waals surface area contributed by atoms with Gasteiger partial charge in [-0.2, -0.15) is 0 Å². The molecule has 0 amide bonds. The number of anilines is 1. The lowest BCUT2D eigenvalue weighted by molar-refractivity contribution is 0.0975. The van der Waals surface area contributed by atoms with Gasteiger partial charge in [0.05, 0.1) is 0 Å². The number of rotatable bonds is 2. The maximum absolute atomic E-state index is 5.98. The summed E-state index contributed by atoms with van der Waals surface area (Å²) in [6.45, 7) is 3.78. The average molecular weight is 363 g/mol. The van der Waals surface area contributed by atoms with E-state index in [0.717, 1.165) is 10.9 Å². The van der Waals surface area contributed by atoms with Crippen LogP contribution < -0.4 is 5.32 Å². The molecular formula is C13H16ClIN2. The van der Waals surface area contributed by atoms with E-state index in [2.05, 4.69) is 38.9 Å².